The van der Waals surface area contributed by atoms with Gasteiger partial charge in [-0.3, -0.25) is 4.90 Å². The number of nitrogens with two attached hydrogens (primary N) is 1. The van der Waals surface area contributed by atoms with E-state index >= 15 is 0 Å². The van der Waals surface area contributed by atoms with E-state index in [2.05, 4.69) is 25.7 Å². The third-order valence-corrected chi connectivity index (χ3v) is 3.07. The summed E-state index contributed by atoms with van der Waals surface area (Å²) in [7, 11) is 0. The summed E-state index contributed by atoms with van der Waals surface area (Å²) in [6.45, 7) is 9.79. The van der Waals surface area contributed by atoms with Crippen LogP contribution in [0.1, 0.15) is 40.0 Å². The number of hydrogen-bond acceptors (Lipinski definition) is 3. The minimum Gasteiger partial charge on any atom is -0.373 e. The normalized spacial score (nSPS) is 30.4. The van der Waals surface area contributed by atoms with E-state index in [1.54, 1.807) is 0 Å². The lowest BCUT2D eigenvalue weighted by Crippen LogP contribution is -2.45. The molecule has 1 saturated heterocycles. The van der Waals surface area contributed by atoms with Crippen molar-refractivity contribution in [2.75, 3.05) is 19.6 Å². The highest BCUT2D eigenvalue weighted by Gasteiger charge is 2.21. The van der Waals surface area contributed by atoms with Crippen molar-refractivity contribution in [1.82, 2.24) is 4.90 Å². The fraction of sp³-hybridized carbons (Fsp3) is 1.00. The minimum atomic E-state index is 0.383. The molecule has 0 spiro atoms. The topological polar surface area (TPSA) is 38.5 Å². The molecule has 15 heavy (non-hydrogen) atoms. The van der Waals surface area contributed by atoms with Crippen LogP contribution in [0.15, 0.2) is 0 Å². The van der Waals surface area contributed by atoms with Crippen LogP contribution in [-0.2, 0) is 4.74 Å². The SMILES string of the molecule is CCC(N)CCCN1CC(C)OC(C)C1. The maximum atomic E-state index is 5.90. The van der Waals surface area contributed by atoms with Crippen LogP contribution in [-0.4, -0.2) is 42.8 Å². The number of hydrogen-bond donors (Lipinski definition) is 1. The van der Waals surface area contributed by atoms with E-state index in [1.165, 1.54) is 13.0 Å². The molecule has 0 aliphatic carbocycles. The van der Waals surface area contributed by atoms with Crippen LogP contribution in [0.4, 0.5) is 0 Å². The number of ether oxygens (including phenoxy) is 1. The van der Waals surface area contributed by atoms with Gasteiger partial charge in [-0.15, -0.1) is 0 Å². The molecule has 3 nitrogen and oxygen atoms in total. The minimum absolute atomic E-state index is 0.383. The molecule has 0 radical (unpaired) electrons. The van der Waals surface area contributed by atoms with Gasteiger partial charge in [0.1, 0.15) is 0 Å². The average molecular weight is 214 g/mol. The third-order valence-electron chi connectivity index (χ3n) is 3.07. The van der Waals surface area contributed by atoms with Gasteiger partial charge < -0.3 is 10.5 Å². The Morgan fingerprint density at radius 3 is 2.47 bits per heavy atom. The highest BCUT2D eigenvalue weighted by atomic mass is 16.5. The Hall–Kier alpha value is -0.120. The van der Waals surface area contributed by atoms with Crippen LogP contribution in [0.25, 0.3) is 0 Å². The van der Waals surface area contributed by atoms with Crippen LogP contribution in [0.3, 0.4) is 0 Å². The van der Waals surface area contributed by atoms with Gasteiger partial charge >= 0.3 is 0 Å². The van der Waals surface area contributed by atoms with Crippen molar-refractivity contribution < 1.29 is 4.74 Å². The van der Waals surface area contributed by atoms with Crippen LogP contribution < -0.4 is 5.73 Å². The van der Waals surface area contributed by atoms with Crippen molar-refractivity contribution in [1.29, 1.82) is 0 Å². The molecule has 0 aromatic rings. The van der Waals surface area contributed by atoms with E-state index in [9.17, 15) is 0 Å². The molecular formula is C12H26N2O. The second-order valence-electron chi connectivity index (χ2n) is 4.83. The van der Waals surface area contributed by atoms with Crippen molar-refractivity contribution in [3.8, 4) is 0 Å². The molecule has 90 valence electrons. The maximum Gasteiger partial charge on any atom is 0.0678 e. The van der Waals surface area contributed by atoms with Crippen LogP contribution in [0.5, 0.6) is 0 Å². The first kappa shape index (κ1) is 12.9. The zero-order valence-electron chi connectivity index (χ0n) is 10.4. The summed E-state index contributed by atoms with van der Waals surface area (Å²) in [6, 6.07) is 0.390. The molecule has 3 heteroatoms. The fourth-order valence-electron chi connectivity index (χ4n) is 2.25. The summed E-state index contributed by atoms with van der Waals surface area (Å²) in [5.74, 6) is 0. The van der Waals surface area contributed by atoms with Gasteiger partial charge in [-0.05, 0) is 39.7 Å². The van der Waals surface area contributed by atoms with Gasteiger partial charge in [0.05, 0.1) is 12.2 Å². The van der Waals surface area contributed by atoms with E-state index < -0.39 is 0 Å². The van der Waals surface area contributed by atoms with Crippen molar-refractivity contribution in [3.63, 3.8) is 0 Å². The number of nitrogens with zero attached hydrogens (tertiary/aromatic N) is 1. The molecule has 1 rings (SSSR count). The second-order valence-corrected chi connectivity index (χ2v) is 4.83. The summed E-state index contributed by atoms with van der Waals surface area (Å²) >= 11 is 0. The van der Waals surface area contributed by atoms with E-state index in [-0.39, 0.29) is 0 Å². The van der Waals surface area contributed by atoms with Gasteiger partial charge in [-0.1, -0.05) is 6.92 Å². The Labute approximate surface area is 94.0 Å². The van der Waals surface area contributed by atoms with Crippen molar-refractivity contribution in [2.24, 2.45) is 5.73 Å². The van der Waals surface area contributed by atoms with Crippen LogP contribution in [0, 0.1) is 0 Å². The number of rotatable bonds is 5. The predicted octanol–water partition coefficient (Wildman–Crippen LogP) is 1.61. The Kier molecular flexibility index (Phi) is 5.58. The molecule has 2 N–H and O–H groups in total. The first-order valence-corrected chi connectivity index (χ1v) is 6.25. The molecule has 0 bridgehead atoms. The van der Waals surface area contributed by atoms with Gasteiger partial charge in [-0.25, -0.2) is 0 Å². The Balaban J connectivity index is 2.15. The van der Waals surface area contributed by atoms with Crippen molar-refractivity contribution in [2.45, 2.75) is 58.3 Å². The second kappa shape index (κ2) is 6.46. The van der Waals surface area contributed by atoms with E-state index in [0.717, 1.165) is 25.9 Å². The molecule has 1 heterocycles. The van der Waals surface area contributed by atoms with E-state index in [0.29, 0.717) is 18.2 Å². The summed E-state index contributed by atoms with van der Waals surface area (Å²) < 4.78 is 5.70. The molecule has 0 amide bonds. The zero-order valence-corrected chi connectivity index (χ0v) is 10.4. The quantitative estimate of drug-likeness (QED) is 0.755. The van der Waals surface area contributed by atoms with E-state index in [1.807, 2.05) is 0 Å². The molecule has 0 saturated carbocycles. The van der Waals surface area contributed by atoms with Gasteiger partial charge in [0.25, 0.3) is 0 Å². The Morgan fingerprint density at radius 1 is 1.33 bits per heavy atom. The third kappa shape index (κ3) is 4.96. The Bertz CT molecular complexity index is 165. The molecule has 1 fully saturated rings. The zero-order chi connectivity index (χ0) is 11.3. The maximum absolute atomic E-state index is 5.90. The summed E-state index contributed by atoms with van der Waals surface area (Å²) in [5, 5.41) is 0. The van der Waals surface area contributed by atoms with Crippen LogP contribution >= 0.6 is 0 Å². The molecule has 3 unspecified atom stereocenters. The van der Waals surface area contributed by atoms with Gasteiger partial charge in [0.15, 0.2) is 0 Å². The lowest BCUT2D eigenvalue weighted by Gasteiger charge is -2.35. The molecule has 3 atom stereocenters. The predicted molar refractivity (Wildman–Crippen MR) is 63.9 cm³/mol. The standard InChI is InChI=1S/C12H26N2O/c1-4-12(13)6-5-7-14-8-10(2)15-11(3)9-14/h10-12H,4-9,13H2,1-3H3. The van der Waals surface area contributed by atoms with Gasteiger partial charge in [0.2, 0.25) is 0 Å². The molecule has 1 aliphatic rings. The number of morpholine rings is 1. The Morgan fingerprint density at radius 2 is 1.93 bits per heavy atom. The van der Waals surface area contributed by atoms with Gasteiger partial charge in [-0.2, -0.15) is 0 Å². The van der Waals surface area contributed by atoms with Crippen molar-refractivity contribution >= 4 is 0 Å². The lowest BCUT2D eigenvalue weighted by atomic mass is 10.1. The smallest absolute Gasteiger partial charge is 0.0678 e. The highest BCUT2D eigenvalue weighted by Crippen LogP contribution is 2.11. The lowest BCUT2D eigenvalue weighted by molar-refractivity contribution is -0.0682. The summed E-state index contributed by atoms with van der Waals surface area (Å²) in [5.41, 5.74) is 5.90. The van der Waals surface area contributed by atoms with E-state index in [4.69, 9.17) is 10.5 Å². The summed E-state index contributed by atoms with van der Waals surface area (Å²) in [4.78, 5) is 2.50. The van der Waals surface area contributed by atoms with Crippen LogP contribution in [0.2, 0.25) is 0 Å². The molecule has 0 aromatic heterocycles. The van der Waals surface area contributed by atoms with Crippen molar-refractivity contribution in [3.05, 3.63) is 0 Å². The first-order chi connectivity index (χ1) is 7.11. The largest absolute Gasteiger partial charge is 0.373 e. The van der Waals surface area contributed by atoms with Gasteiger partial charge in [0, 0.05) is 19.1 Å². The monoisotopic (exact) mass is 214 g/mol. The first-order valence-electron chi connectivity index (χ1n) is 6.25. The fourth-order valence-corrected chi connectivity index (χ4v) is 2.25. The molecule has 1 aliphatic heterocycles. The molecule has 0 aromatic carbocycles. The summed E-state index contributed by atoms with van der Waals surface area (Å²) in [6.07, 6.45) is 4.23. The highest BCUT2D eigenvalue weighted by molar-refractivity contribution is 4.73. The molecular weight excluding hydrogens is 188 g/mol. The average Bonchev–Trinajstić information content (AvgIpc) is 2.16.